The van der Waals surface area contributed by atoms with Crippen molar-refractivity contribution in [2.75, 3.05) is 0 Å². The van der Waals surface area contributed by atoms with Crippen molar-refractivity contribution in [3.05, 3.63) is 41.4 Å². The molecular weight excluding hydrogens is 335 g/mol. The van der Waals surface area contributed by atoms with Crippen LogP contribution in [0.15, 0.2) is 35.6 Å². The molecule has 0 aliphatic carbocycles. The predicted molar refractivity (Wildman–Crippen MR) is 81.3 cm³/mol. The van der Waals surface area contributed by atoms with Crippen LogP contribution in [0.3, 0.4) is 0 Å². The van der Waals surface area contributed by atoms with Gasteiger partial charge in [0.1, 0.15) is 12.4 Å². The Kier molecular flexibility index (Phi) is 5.13. The molecule has 1 heterocycles. The number of rotatable bonds is 6. The standard InChI is InChI=1S/C13H14Cl2N2O3S/c1-2-5-17-9-16-7-10(17)8-20-13-4-3-11(6-12(13)14)21(15,18)19/h3-4,6-7,9H,2,5,8H2,1H3. The molecule has 114 valence electrons. The van der Waals surface area contributed by atoms with Crippen LogP contribution in [0.5, 0.6) is 5.75 Å². The van der Waals surface area contributed by atoms with Crippen molar-refractivity contribution in [1.82, 2.24) is 9.55 Å². The van der Waals surface area contributed by atoms with Gasteiger partial charge in [0, 0.05) is 17.2 Å². The van der Waals surface area contributed by atoms with E-state index in [2.05, 4.69) is 11.9 Å². The lowest BCUT2D eigenvalue weighted by Gasteiger charge is -2.10. The van der Waals surface area contributed by atoms with E-state index in [4.69, 9.17) is 27.0 Å². The lowest BCUT2D eigenvalue weighted by Crippen LogP contribution is -2.05. The van der Waals surface area contributed by atoms with Gasteiger partial charge >= 0.3 is 0 Å². The van der Waals surface area contributed by atoms with E-state index in [1.165, 1.54) is 18.2 Å². The first kappa shape index (κ1) is 16.1. The fourth-order valence-electron chi connectivity index (χ4n) is 1.81. The topological polar surface area (TPSA) is 61.2 Å². The van der Waals surface area contributed by atoms with Gasteiger partial charge in [-0.15, -0.1) is 0 Å². The van der Waals surface area contributed by atoms with E-state index in [0.29, 0.717) is 12.4 Å². The fraction of sp³-hybridized carbons (Fsp3) is 0.308. The lowest BCUT2D eigenvalue weighted by atomic mass is 10.3. The molecule has 0 aliphatic rings. The van der Waals surface area contributed by atoms with E-state index in [-0.39, 0.29) is 9.92 Å². The molecule has 8 heteroatoms. The Morgan fingerprint density at radius 2 is 2.14 bits per heavy atom. The second-order valence-corrected chi connectivity index (χ2v) is 7.37. The largest absolute Gasteiger partial charge is 0.486 e. The molecule has 1 aromatic carbocycles. The number of aromatic nitrogens is 2. The van der Waals surface area contributed by atoms with Crippen molar-refractivity contribution in [3.8, 4) is 5.75 Å². The van der Waals surface area contributed by atoms with Crippen LogP contribution in [0, 0.1) is 0 Å². The van der Waals surface area contributed by atoms with E-state index >= 15 is 0 Å². The molecule has 0 amide bonds. The Morgan fingerprint density at radius 3 is 2.76 bits per heavy atom. The Bertz CT molecular complexity index is 729. The molecule has 0 saturated heterocycles. The number of hydrogen-bond donors (Lipinski definition) is 0. The zero-order valence-electron chi connectivity index (χ0n) is 11.3. The first-order valence-electron chi connectivity index (χ1n) is 6.28. The first-order valence-corrected chi connectivity index (χ1v) is 8.96. The second kappa shape index (κ2) is 6.68. The summed E-state index contributed by atoms with van der Waals surface area (Å²) >= 11 is 6.01. The highest BCUT2D eigenvalue weighted by atomic mass is 35.7. The Labute approximate surface area is 132 Å². The van der Waals surface area contributed by atoms with Crippen molar-refractivity contribution >= 4 is 31.3 Å². The van der Waals surface area contributed by atoms with Gasteiger partial charge in [-0.1, -0.05) is 18.5 Å². The highest BCUT2D eigenvalue weighted by Gasteiger charge is 2.13. The average Bonchev–Trinajstić information content (AvgIpc) is 2.84. The van der Waals surface area contributed by atoms with Gasteiger partial charge in [-0.3, -0.25) is 0 Å². The summed E-state index contributed by atoms with van der Waals surface area (Å²) in [6.07, 6.45) is 4.46. The van der Waals surface area contributed by atoms with Crippen LogP contribution in [-0.2, 0) is 22.2 Å². The highest BCUT2D eigenvalue weighted by Crippen LogP contribution is 2.29. The van der Waals surface area contributed by atoms with Crippen LogP contribution < -0.4 is 4.74 Å². The third kappa shape index (κ3) is 4.12. The first-order chi connectivity index (χ1) is 9.91. The summed E-state index contributed by atoms with van der Waals surface area (Å²) in [4.78, 5) is 4.02. The maximum atomic E-state index is 11.2. The molecule has 1 aromatic heterocycles. The zero-order valence-corrected chi connectivity index (χ0v) is 13.6. The van der Waals surface area contributed by atoms with E-state index in [1.807, 2.05) is 4.57 Å². The van der Waals surface area contributed by atoms with Gasteiger partial charge in [-0.05, 0) is 24.6 Å². The maximum Gasteiger partial charge on any atom is 0.261 e. The molecule has 2 aromatic rings. The molecule has 21 heavy (non-hydrogen) atoms. The van der Waals surface area contributed by atoms with Crippen LogP contribution in [0.4, 0.5) is 0 Å². The Morgan fingerprint density at radius 1 is 1.38 bits per heavy atom. The minimum Gasteiger partial charge on any atom is -0.486 e. The van der Waals surface area contributed by atoms with Gasteiger partial charge in [0.15, 0.2) is 0 Å². The van der Waals surface area contributed by atoms with Crippen LogP contribution in [0.25, 0.3) is 0 Å². The molecule has 0 spiro atoms. The predicted octanol–water partition coefficient (Wildman–Crippen LogP) is 3.45. The van der Waals surface area contributed by atoms with Crippen molar-refractivity contribution in [3.63, 3.8) is 0 Å². The van der Waals surface area contributed by atoms with E-state index in [9.17, 15) is 8.42 Å². The van der Waals surface area contributed by atoms with Crippen LogP contribution in [0.2, 0.25) is 5.02 Å². The summed E-state index contributed by atoms with van der Waals surface area (Å²) in [5, 5.41) is 0.193. The van der Waals surface area contributed by atoms with E-state index in [0.717, 1.165) is 18.7 Å². The van der Waals surface area contributed by atoms with Gasteiger partial charge in [-0.25, -0.2) is 13.4 Å². The smallest absolute Gasteiger partial charge is 0.261 e. The highest BCUT2D eigenvalue weighted by molar-refractivity contribution is 8.13. The molecule has 0 bridgehead atoms. The number of nitrogens with zero attached hydrogens (tertiary/aromatic N) is 2. The summed E-state index contributed by atoms with van der Waals surface area (Å²) in [6, 6.07) is 4.10. The van der Waals surface area contributed by atoms with E-state index < -0.39 is 9.05 Å². The van der Waals surface area contributed by atoms with E-state index in [1.54, 1.807) is 12.5 Å². The van der Waals surface area contributed by atoms with Crippen LogP contribution >= 0.6 is 22.3 Å². The third-order valence-corrected chi connectivity index (χ3v) is 4.47. The molecule has 0 unspecified atom stereocenters. The molecule has 0 aliphatic heterocycles. The molecule has 2 rings (SSSR count). The molecule has 0 atom stereocenters. The third-order valence-electron chi connectivity index (χ3n) is 2.82. The summed E-state index contributed by atoms with van der Waals surface area (Å²) < 4.78 is 30.0. The van der Waals surface area contributed by atoms with Crippen molar-refractivity contribution in [2.45, 2.75) is 31.4 Å². The number of benzene rings is 1. The number of ether oxygens (including phenoxy) is 1. The van der Waals surface area contributed by atoms with Crippen molar-refractivity contribution in [1.29, 1.82) is 0 Å². The maximum absolute atomic E-state index is 11.2. The minimum absolute atomic E-state index is 0.0578. The summed E-state index contributed by atoms with van der Waals surface area (Å²) in [5.41, 5.74) is 0.918. The molecular formula is C13H14Cl2N2O3S. The zero-order chi connectivity index (χ0) is 15.5. The molecule has 0 saturated carbocycles. The van der Waals surface area contributed by atoms with Crippen molar-refractivity contribution < 1.29 is 13.2 Å². The quantitative estimate of drug-likeness (QED) is 0.750. The minimum atomic E-state index is -3.80. The van der Waals surface area contributed by atoms with Crippen LogP contribution in [-0.4, -0.2) is 18.0 Å². The molecule has 0 N–H and O–H groups in total. The Balaban J connectivity index is 2.12. The SMILES string of the molecule is CCCn1cncc1COc1ccc(S(=O)(=O)Cl)cc1Cl. The summed E-state index contributed by atoms with van der Waals surface area (Å²) in [5.74, 6) is 0.394. The van der Waals surface area contributed by atoms with Gasteiger partial charge in [0.05, 0.1) is 28.1 Å². The molecule has 0 fully saturated rings. The fourth-order valence-corrected chi connectivity index (χ4v) is 2.89. The number of halogens is 2. The number of aryl methyl sites for hydroxylation is 1. The molecule has 5 nitrogen and oxygen atoms in total. The normalized spacial score (nSPS) is 11.6. The lowest BCUT2D eigenvalue weighted by molar-refractivity contribution is 0.294. The van der Waals surface area contributed by atoms with Crippen molar-refractivity contribution in [2.24, 2.45) is 0 Å². The second-order valence-electron chi connectivity index (χ2n) is 4.40. The van der Waals surface area contributed by atoms with Crippen LogP contribution in [0.1, 0.15) is 19.0 Å². The summed E-state index contributed by atoms with van der Waals surface area (Å²) in [7, 11) is 1.46. The Hall–Kier alpha value is -1.24. The van der Waals surface area contributed by atoms with Gasteiger partial charge in [0.2, 0.25) is 0 Å². The van der Waals surface area contributed by atoms with Gasteiger partial charge in [-0.2, -0.15) is 0 Å². The summed E-state index contributed by atoms with van der Waals surface area (Å²) in [6.45, 7) is 3.23. The number of hydrogen-bond acceptors (Lipinski definition) is 4. The van der Waals surface area contributed by atoms with Gasteiger partial charge < -0.3 is 9.30 Å². The molecule has 0 radical (unpaired) electrons. The monoisotopic (exact) mass is 348 g/mol. The average molecular weight is 349 g/mol. The van der Waals surface area contributed by atoms with Gasteiger partial charge in [0.25, 0.3) is 9.05 Å². The number of imidazole rings is 1.